The number of rotatable bonds is 11. The van der Waals surface area contributed by atoms with Gasteiger partial charge in [-0.25, -0.2) is 0 Å². The maximum Gasteiger partial charge on any atom is 0.270 e. The van der Waals surface area contributed by atoms with Crippen LogP contribution in [0, 0.1) is 0 Å². The van der Waals surface area contributed by atoms with E-state index < -0.39 is 17.3 Å². The maximum absolute atomic E-state index is 12.0. The number of furan rings is 1. The molecule has 1 saturated heterocycles. The number of likely N-dealkylation sites (N-methyl/N-ethyl adjacent to an activating group) is 1. The van der Waals surface area contributed by atoms with Gasteiger partial charge in [-0.05, 0) is 60.9 Å². The smallest absolute Gasteiger partial charge is 0.270 e. The number of aromatic nitrogens is 1. The van der Waals surface area contributed by atoms with Gasteiger partial charge in [0.2, 0.25) is 0 Å². The van der Waals surface area contributed by atoms with Crippen LogP contribution in [0.2, 0.25) is 0 Å². The fourth-order valence-electron chi connectivity index (χ4n) is 3.48. The highest BCUT2D eigenvalue weighted by Gasteiger charge is 2.17. The van der Waals surface area contributed by atoms with Crippen LogP contribution in [-0.2, 0) is 34.7 Å². The van der Waals surface area contributed by atoms with Crippen molar-refractivity contribution in [2.45, 2.75) is 31.2 Å². The molecule has 0 aliphatic carbocycles. The lowest BCUT2D eigenvalue weighted by Gasteiger charge is -2.32. The number of carbonyl (C=O) groups excluding carboxylic acids is 1. The molecule has 2 unspecified atom stereocenters. The van der Waals surface area contributed by atoms with Gasteiger partial charge in [0.25, 0.3) is 5.91 Å². The Kier molecular flexibility index (Phi) is 9.35. The average Bonchev–Trinajstić information content (AvgIpc) is 3.25. The number of aryl methyl sites for hydroxylation is 1. The molecule has 9 heteroatoms. The lowest BCUT2D eigenvalue weighted by Crippen LogP contribution is -2.43. The van der Waals surface area contributed by atoms with Gasteiger partial charge in [0, 0.05) is 51.2 Å². The molecule has 1 fully saturated rings. The van der Waals surface area contributed by atoms with Crippen molar-refractivity contribution in [2.24, 2.45) is 0 Å². The molecule has 2 atom stereocenters. The van der Waals surface area contributed by atoms with E-state index in [-0.39, 0.29) is 24.0 Å². The molecule has 8 nitrogen and oxygen atoms in total. The first kappa shape index (κ1) is 23.7. The van der Waals surface area contributed by atoms with Crippen LogP contribution in [0.3, 0.4) is 0 Å². The van der Waals surface area contributed by atoms with E-state index in [4.69, 9.17) is 4.42 Å². The van der Waals surface area contributed by atoms with E-state index in [1.54, 1.807) is 12.1 Å². The first-order valence-corrected chi connectivity index (χ1v) is 12.1. The van der Waals surface area contributed by atoms with E-state index in [0.717, 1.165) is 38.4 Å². The van der Waals surface area contributed by atoms with Crippen molar-refractivity contribution < 1.29 is 18.9 Å². The Morgan fingerprint density at radius 1 is 1.35 bits per heavy atom. The summed E-state index contributed by atoms with van der Waals surface area (Å²) in [6.45, 7) is 5.37. The molecule has 0 radical (unpaired) electrons. The number of nitrogens with one attached hydrogen (secondary N) is 1. The number of hydrogen-bond acceptors (Lipinski definition) is 7. The normalized spacial score (nSPS) is 17.4. The molecule has 1 aliphatic rings. The summed E-state index contributed by atoms with van der Waals surface area (Å²) in [5.74, 6) is 0.354. The number of nitrogens with zero attached hydrogens (tertiary/aromatic N) is 3. The first-order valence-electron chi connectivity index (χ1n) is 10.6. The Bertz CT molecular complexity index is 797. The van der Waals surface area contributed by atoms with Gasteiger partial charge >= 0.3 is 0 Å². The zero-order chi connectivity index (χ0) is 22.1. The minimum Gasteiger partial charge on any atom is -0.616 e. The molecule has 0 aromatic carbocycles. The quantitative estimate of drug-likeness (QED) is 0.490. The molecule has 31 heavy (non-hydrogen) atoms. The third kappa shape index (κ3) is 8.62. The van der Waals surface area contributed by atoms with Crippen molar-refractivity contribution in [2.75, 3.05) is 45.5 Å². The van der Waals surface area contributed by atoms with E-state index >= 15 is 0 Å². The monoisotopic (exact) mass is 448 g/mol. The molecule has 0 saturated carbocycles. The second-order valence-corrected chi connectivity index (χ2v) is 9.50. The summed E-state index contributed by atoms with van der Waals surface area (Å²) in [5, 5.41) is 12.9. The van der Waals surface area contributed by atoms with Gasteiger partial charge in [-0.15, -0.1) is 0 Å². The van der Waals surface area contributed by atoms with Crippen LogP contribution >= 0.6 is 0 Å². The van der Waals surface area contributed by atoms with E-state index in [2.05, 4.69) is 33.2 Å². The Hall–Kier alpha value is -1.91. The molecule has 2 aromatic rings. The molecular weight excluding hydrogens is 416 g/mol. The minimum absolute atomic E-state index is 0.108. The highest BCUT2D eigenvalue weighted by molar-refractivity contribution is 7.91. The highest BCUT2D eigenvalue weighted by Crippen LogP contribution is 2.11. The SMILES string of the molecule is CN1CCN(Cc2ccnc(CCC(O)CNC(=O)C[S+]([O-])Cc3ccco3)c2)CC1. The molecule has 170 valence electrons. The van der Waals surface area contributed by atoms with Gasteiger partial charge in [-0.2, -0.15) is 0 Å². The largest absolute Gasteiger partial charge is 0.616 e. The highest BCUT2D eigenvalue weighted by atomic mass is 32.2. The predicted molar refractivity (Wildman–Crippen MR) is 120 cm³/mol. The second-order valence-electron chi connectivity index (χ2n) is 8.04. The molecule has 1 aliphatic heterocycles. The van der Waals surface area contributed by atoms with Crippen LogP contribution in [-0.4, -0.2) is 82.0 Å². The Morgan fingerprint density at radius 2 is 2.16 bits per heavy atom. The van der Waals surface area contributed by atoms with Crippen LogP contribution in [0.1, 0.15) is 23.4 Å². The van der Waals surface area contributed by atoms with Crippen LogP contribution in [0.4, 0.5) is 0 Å². The summed E-state index contributed by atoms with van der Waals surface area (Å²) in [6.07, 6.45) is 3.80. The number of amides is 1. The topological polar surface area (TPSA) is 105 Å². The van der Waals surface area contributed by atoms with Gasteiger partial charge in [-0.1, -0.05) is 0 Å². The summed E-state index contributed by atoms with van der Waals surface area (Å²) in [4.78, 5) is 21.1. The number of aliphatic hydroxyl groups is 1. The van der Waals surface area contributed by atoms with E-state index in [9.17, 15) is 14.5 Å². The number of pyridine rings is 1. The molecule has 1 amide bonds. The lowest BCUT2D eigenvalue weighted by atomic mass is 10.1. The van der Waals surface area contributed by atoms with Crippen molar-refractivity contribution in [1.29, 1.82) is 0 Å². The molecule has 2 aromatic heterocycles. The fourth-order valence-corrected chi connectivity index (χ4v) is 4.46. The van der Waals surface area contributed by atoms with Gasteiger partial charge in [0.05, 0.1) is 12.4 Å². The average molecular weight is 449 g/mol. The predicted octanol–water partition coefficient (Wildman–Crippen LogP) is 0.781. The number of carbonyl (C=O) groups is 1. The third-order valence-corrected chi connectivity index (χ3v) is 6.52. The Labute approximate surface area is 186 Å². The second kappa shape index (κ2) is 12.2. The third-order valence-electron chi connectivity index (χ3n) is 5.33. The van der Waals surface area contributed by atoms with Crippen LogP contribution < -0.4 is 5.32 Å². The maximum atomic E-state index is 12.0. The lowest BCUT2D eigenvalue weighted by molar-refractivity contribution is -0.119. The minimum atomic E-state index is -1.34. The number of piperazine rings is 1. The first-order chi connectivity index (χ1) is 15.0. The van der Waals surface area contributed by atoms with Crippen molar-refractivity contribution in [3.63, 3.8) is 0 Å². The molecule has 0 spiro atoms. The fraction of sp³-hybridized carbons (Fsp3) is 0.545. The molecule has 0 bridgehead atoms. The molecule has 2 N–H and O–H groups in total. The van der Waals surface area contributed by atoms with Crippen molar-refractivity contribution in [3.8, 4) is 0 Å². The standard InChI is InChI=1S/C22H32N4O4S/c1-25-8-10-26(11-9-25)15-18-6-7-23-19(13-18)4-5-20(27)14-24-22(28)17-31(29)16-21-3-2-12-30-21/h2-3,6-7,12-13,20,27H,4-5,8-11,14-17H2,1H3,(H,24,28). The molecule has 3 rings (SSSR count). The van der Waals surface area contributed by atoms with Crippen LogP contribution in [0.15, 0.2) is 41.1 Å². The number of hydrogen-bond donors (Lipinski definition) is 2. The summed E-state index contributed by atoms with van der Waals surface area (Å²) in [5.41, 5.74) is 2.17. The zero-order valence-electron chi connectivity index (χ0n) is 18.0. The van der Waals surface area contributed by atoms with Crippen molar-refractivity contribution in [3.05, 3.63) is 53.7 Å². The van der Waals surface area contributed by atoms with Gasteiger partial charge in [-0.3, -0.25) is 14.7 Å². The van der Waals surface area contributed by atoms with Gasteiger partial charge < -0.3 is 24.3 Å². The Balaban J connectivity index is 1.34. The molecule has 3 heterocycles. The van der Waals surface area contributed by atoms with Gasteiger partial charge in [0.15, 0.2) is 17.3 Å². The number of aliphatic hydroxyl groups excluding tert-OH is 1. The molecular formula is C22H32N4O4S. The van der Waals surface area contributed by atoms with Crippen LogP contribution in [0.25, 0.3) is 0 Å². The van der Waals surface area contributed by atoms with E-state index in [1.807, 2.05) is 12.3 Å². The summed E-state index contributed by atoms with van der Waals surface area (Å²) >= 11 is -1.34. The van der Waals surface area contributed by atoms with E-state index in [1.165, 1.54) is 11.8 Å². The Morgan fingerprint density at radius 3 is 2.90 bits per heavy atom. The summed E-state index contributed by atoms with van der Waals surface area (Å²) in [6, 6.07) is 7.59. The van der Waals surface area contributed by atoms with Crippen molar-refractivity contribution >= 4 is 17.1 Å². The zero-order valence-corrected chi connectivity index (χ0v) is 18.9. The van der Waals surface area contributed by atoms with E-state index in [0.29, 0.717) is 18.6 Å². The van der Waals surface area contributed by atoms with Crippen molar-refractivity contribution in [1.82, 2.24) is 20.1 Å². The van der Waals surface area contributed by atoms with Crippen LogP contribution in [0.5, 0.6) is 0 Å². The summed E-state index contributed by atoms with van der Waals surface area (Å²) in [7, 11) is 2.15. The van der Waals surface area contributed by atoms with Gasteiger partial charge in [0.1, 0.15) is 0 Å². The summed E-state index contributed by atoms with van der Waals surface area (Å²) < 4.78 is 17.1.